The molecule has 0 radical (unpaired) electrons. The molecule has 0 saturated carbocycles. The first-order chi connectivity index (χ1) is 15.7. The van der Waals surface area contributed by atoms with Crippen molar-refractivity contribution in [3.8, 4) is 0 Å². The van der Waals surface area contributed by atoms with Gasteiger partial charge in [-0.05, 0) is 51.4 Å². The first kappa shape index (κ1) is 35.4. The van der Waals surface area contributed by atoms with Crippen LogP contribution in [-0.2, 0) is 0 Å². The highest BCUT2D eigenvalue weighted by Gasteiger charge is 2.25. The Morgan fingerprint density at radius 1 is 0.273 bits per heavy atom. The lowest BCUT2D eigenvalue weighted by atomic mass is 10.0. The summed E-state index contributed by atoms with van der Waals surface area (Å²) in [6.07, 6.45) is 33.3. The van der Waals surface area contributed by atoms with Crippen molar-refractivity contribution in [2.75, 3.05) is 26.2 Å². The minimum absolute atomic E-state index is 0. The minimum Gasteiger partial charge on any atom is -1.00 e. The molecule has 0 aromatic rings. The van der Waals surface area contributed by atoms with Gasteiger partial charge in [-0.25, -0.2) is 0 Å². The van der Waals surface area contributed by atoms with E-state index in [1.54, 1.807) is 0 Å². The van der Waals surface area contributed by atoms with Crippen molar-refractivity contribution >= 4 is 0 Å². The highest BCUT2D eigenvalue weighted by Crippen LogP contribution is 2.19. The van der Waals surface area contributed by atoms with Gasteiger partial charge in [0.1, 0.15) is 0 Å². The second-order valence-electron chi connectivity index (χ2n) is 11.0. The Morgan fingerprint density at radius 2 is 0.455 bits per heavy atom. The van der Waals surface area contributed by atoms with Crippen molar-refractivity contribution in [1.82, 2.24) is 0 Å². The summed E-state index contributed by atoms with van der Waals surface area (Å²) in [4.78, 5) is 0. The van der Waals surface area contributed by atoms with Crippen molar-refractivity contribution in [3.63, 3.8) is 0 Å². The maximum absolute atomic E-state index is 2.36. The monoisotopic (exact) mass is 487 g/mol. The lowest BCUT2D eigenvalue weighted by Gasteiger charge is -2.39. The zero-order valence-electron chi connectivity index (χ0n) is 23.9. The summed E-state index contributed by atoms with van der Waals surface area (Å²) < 4.78 is 1.46. The normalized spacial score (nSPS) is 11.6. The Bertz CT molecular complexity index is 317. The van der Waals surface area contributed by atoms with Gasteiger partial charge in [-0.2, -0.15) is 0 Å². The quantitative estimate of drug-likeness (QED) is 0.0816. The number of hydrogen-bond donors (Lipinski definition) is 0. The van der Waals surface area contributed by atoms with E-state index in [1.807, 2.05) is 0 Å². The van der Waals surface area contributed by atoms with E-state index in [0.717, 1.165) is 0 Å². The van der Waals surface area contributed by atoms with Gasteiger partial charge < -0.3 is 16.9 Å². The molecule has 0 aliphatic heterocycles. The summed E-state index contributed by atoms with van der Waals surface area (Å²) in [5.41, 5.74) is 0. The summed E-state index contributed by atoms with van der Waals surface area (Å²) in [5.74, 6) is 0. The fourth-order valence-electron chi connectivity index (χ4n) is 5.40. The van der Waals surface area contributed by atoms with E-state index in [-0.39, 0.29) is 12.4 Å². The first-order valence-corrected chi connectivity index (χ1v) is 15.6. The second-order valence-corrected chi connectivity index (χ2v) is 11.0. The Labute approximate surface area is 218 Å². The van der Waals surface area contributed by atoms with Crippen molar-refractivity contribution in [3.05, 3.63) is 0 Å². The first-order valence-electron chi connectivity index (χ1n) is 15.6. The van der Waals surface area contributed by atoms with Gasteiger partial charge in [-0.3, -0.25) is 0 Å². The van der Waals surface area contributed by atoms with Crippen LogP contribution < -0.4 is 12.4 Å². The molecule has 0 atom stereocenters. The Morgan fingerprint density at radius 3 is 0.727 bits per heavy atom. The zero-order chi connectivity index (χ0) is 23.6. The summed E-state index contributed by atoms with van der Waals surface area (Å²) in [6, 6.07) is 0. The molecular weight excluding hydrogens is 422 g/mol. The third-order valence-electron chi connectivity index (χ3n) is 7.69. The lowest BCUT2D eigenvalue weighted by molar-refractivity contribution is -0.929. The molecule has 0 rings (SSSR count). The van der Waals surface area contributed by atoms with E-state index in [2.05, 4.69) is 27.7 Å². The molecular formula is C31H66ClN. The fraction of sp³-hybridized carbons (Fsp3) is 1.00. The molecule has 2 heteroatoms. The molecule has 0 amide bonds. The molecule has 0 heterocycles. The zero-order valence-corrected chi connectivity index (χ0v) is 24.7. The average molecular weight is 488 g/mol. The molecule has 0 aromatic carbocycles. The SMILES string of the molecule is CCCCCCCCCCCCCCCC[N+](CCCCC)(CCCCC)CCCCC.[Cl-]. The third kappa shape index (κ3) is 23.7. The molecule has 0 saturated heterocycles. The van der Waals surface area contributed by atoms with Gasteiger partial charge in [0.2, 0.25) is 0 Å². The van der Waals surface area contributed by atoms with Crippen LogP contribution in [0.2, 0.25) is 0 Å². The molecule has 1 nitrogen and oxygen atoms in total. The summed E-state index contributed by atoms with van der Waals surface area (Å²) in [5, 5.41) is 0. The summed E-state index contributed by atoms with van der Waals surface area (Å²) in [7, 11) is 0. The van der Waals surface area contributed by atoms with Crippen LogP contribution in [0.4, 0.5) is 0 Å². The lowest BCUT2D eigenvalue weighted by Crippen LogP contribution is -3.00. The fourth-order valence-corrected chi connectivity index (χ4v) is 5.40. The molecule has 0 spiro atoms. The van der Waals surface area contributed by atoms with Crippen molar-refractivity contribution in [2.24, 2.45) is 0 Å². The highest BCUT2D eigenvalue weighted by molar-refractivity contribution is 4.53. The van der Waals surface area contributed by atoms with Gasteiger partial charge >= 0.3 is 0 Å². The van der Waals surface area contributed by atoms with Crippen LogP contribution in [0.5, 0.6) is 0 Å². The minimum atomic E-state index is 0. The number of nitrogens with zero attached hydrogens (tertiary/aromatic N) is 1. The third-order valence-corrected chi connectivity index (χ3v) is 7.69. The molecule has 0 bridgehead atoms. The van der Waals surface area contributed by atoms with Gasteiger partial charge in [0.15, 0.2) is 0 Å². The van der Waals surface area contributed by atoms with Gasteiger partial charge in [0.25, 0.3) is 0 Å². The maximum Gasteiger partial charge on any atom is 0.0786 e. The van der Waals surface area contributed by atoms with Crippen LogP contribution in [0.3, 0.4) is 0 Å². The molecule has 0 fully saturated rings. The van der Waals surface area contributed by atoms with Gasteiger partial charge in [-0.15, -0.1) is 0 Å². The van der Waals surface area contributed by atoms with Crippen LogP contribution in [0.25, 0.3) is 0 Å². The van der Waals surface area contributed by atoms with E-state index < -0.39 is 0 Å². The Hall–Kier alpha value is 0.250. The number of hydrogen-bond acceptors (Lipinski definition) is 0. The largest absolute Gasteiger partial charge is 1.00 e. The van der Waals surface area contributed by atoms with Crippen molar-refractivity contribution in [1.29, 1.82) is 0 Å². The molecule has 0 aliphatic carbocycles. The van der Waals surface area contributed by atoms with Gasteiger partial charge in [0.05, 0.1) is 26.2 Å². The van der Waals surface area contributed by atoms with E-state index in [1.165, 1.54) is 178 Å². The number of halogens is 1. The Balaban J connectivity index is 0. The Kier molecular flexibility index (Phi) is 30.6. The van der Waals surface area contributed by atoms with E-state index >= 15 is 0 Å². The smallest absolute Gasteiger partial charge is 0.0786 e. The van der Waals surface area contributed by atoms with Crippen LogP contribution >= 0.6 is 0 Å². The predicted molar refractivity (Wildman–Crippen MR) is 149 cm³/mol. The van der Waals surface area contributed by atoms with Crippen LogP contribution in [-0.4, -0.2) is 30.7 Å². The van der Waals surface area contributed by atoms with Gasteiger partial charge in [0, 0.05) is 0 Å². The van der Waals surface area contributed by atoms with E-state index in [4.69, 9.17) is 0 Å². The summed E-state index contributed by atoms with van der Waals surface area (Å²) in [6.45, 7) is 15.2. The molecule has 0 unspecified atom stereocenters. The van der Waals surface area contributed by atoms with Gasteiger partial charge in [-0.1, -0.05) is 124 Å². The molecule has 33 heavy (non-hydrogen) atoms. The highest BCUT2D eigenvalue weighted by atomic mass is 35.5. The van der Waals surface area contributed by atoms with E-state index in [0.29, 0.717) is 0 Å². The predicted octanol–water partition coefficient (Wildman–Crippen LogP) is 7.86. The number of rotatable bonds is 27. The topological polar surface area (TPSA) is 0 Å². The average Bonchev–Trinajstić information content (AvgIpc) is 2.80. The van der Waals surface area contributed by atoms with Crippen LogP contribution in [0, 0.1) is 0 Å². The molecule has 0 N–H and O–H groups in total. The molecule has 0 aromatic heterocycles. The van der Waals surface area contributed by atoms with Crippen LogP contribution in [0.1, 0.15) is 175 Å². The second kappa shape index (κ2) is 28.5. The van der Waals surface area contributed by atoms with E-state index in [9.17, 15) is 0 Å². The number of quaternary nitrogens is 1. The van der Waals surface area contributed by atoms with Crippen molar-refractivity contribution in [2.45, 2.75) is 175 Å². The maximum atomic E-state index is 2.36. The molecule has 202 valence electrons. The van der Waals surface area contributed by atoms with Crippen molar-refractivity contribution < 1.29 is 16.9 Å². The van der Waals surface area contributed by atoms with Crippen LogP contribution in [0.15, 0.2) is 0 Å². The number of unbranched alkanes of at least 4 members (excludes halogenated alkanes) is 19. The summed E-state index contributed by atoms with van der Waals surface area (Å²) >= 11 is 0. The standard InChI is InChI=1S/C31H66N.ClH/c1-5-9-13-14-15-16-17-18-19-20-21-22-23-27-31-32(28-24-10-6-2,29-25-11-7-3)30-26-12-8-4;/h5-31H2,1-4H3;1H/q+1;/p-1. The molecule has 0 aliphatic rings.